The predicted octanol–water partition coefficient (Wildman–Crippen LogP) is 1.18. The lowest BCUT2D eigenvalue weighted by atomic mass is 9.95. The monoisotopic (exact) mass is 1330 g/mol. The van der Waals surface area contributed by atoms with Gasteiger partial charge in [-0.05, 0) is 143 Å². The number of fused-ring (bicyclic) bond motifs is 1. The zero-order valence-electron chi connectivity index (χ0n) is 51.1. The summed E-state index contributed by atoms with van der Waals surface area (Å²) in [7, 11) is -9.12. The van der Waals surface area contributed by atoms with Gasteiger partial charge in [-0.2, -0.15) is 13.1 Å². The van der Waals surface area contributed by atoms with Crippen LogP contribution in [0.3, 0.4) is 0 Å². The Morgan fingerprint density at radius 2 is 1.26 bits per heavy atom. The molecule has 1 aromatic heterocycles. The minimum Gasteiger partial charge on any atom is -0.494 e. The molecule has 2 unspecified atom stereocenters. The first-order valence-electron chi connectivity index (χ1n) is 29.9. The minimum absolute atomic E-state index is 0.00336. The lowest BCUT2D eigenvalue weighted by Gasteiger charge is -2.37. The Balaban J connectivity index is 1.06. The number of nitrogens with one attached hydrogen (secondary N) is 5. The second-order valence-corrected chi connectivity index (χ2v) is 26.2. The number of carbonyl (C=O) groups excluding carboxylic acids is 3. The first-order valence-corrected chi connectivity index (χ1v) is 33.4. The number of ether oxygens (including phenoxy) is 1. The van der Waals surface area contributed by atoms with Crippen LogP contribution in [0, 0.1) is 13.8 Å². The molecule has 2 heterocycles. The molecule has 502 valence electrons. The molecule has 0 saturated carbocycles. The molecular weight excluding hydrogens is 1250 g/mol. The number of rotatable bonds is 35. The number of carboxylic acids is 5. The minimum atomic E-state index is -4.72. The van der Waals surface area contributed by atoms with Crippen LogP contribution >= 0.6 is 12.2 Å². The lowest BCUT2D eigenvalue weighted by molar-refractivity contribution is -0.142. The van der Waals surface area contributed by atoms with E-state index in [0.29, 0.717) is 36.3 Å². The van der Waals surface area contributed by atoms with Gasteiger partial charge in [-0.3, -0.25) is 67.5 Å². The molecule has 5 rings (SSSR count). The molecule has 2 amide bonds. The molecule has 0 radical (unpaired) electrons. The van der Waals surface area contributed by atoms with Crippen molar-refractivity contribution in [1.29, 1.82) is 0 Å². The number of aliphatic carboxylic acids is 5. The molecule has 3 atom stereocenters. The van der Waals surface area contributed by atoms with Crippen molar-refractivity contribution in [2.24, 2.45) is 0 Å². The molecule has 1 fully saturated rings. The van der Waals surface area contributed by atoms with Crippen LogP contribution in [0.4, 0.5) is 5.69 Å². The lowest BCUT2D eigenvalue weighted by Crippen LogP contribution is -2.53. The fraction of sp³-hybridized carbons (Fsp3) is 0.559. The van der Waals surface area contributed by atoms with Crippen LogP contribution < -0.4 is 30.7 Å². The average Bonchev–Trinajstić information content (AvgIpc) is 0.968. The molecule has 32 heteroatoms. The first kappa shape index (κ1) is 74.4. The molecule has 29 nitrogen and oxygen atoms in total. The molecule has 0 bridgehead atoms. The van der Waals surface area contributed by atoms with Gasteiger partial charge in [0.25, 0.3) is 10.1 Å². The fourth-order valence-electron chi connectivity index (χ4n) is 10.8. The maximum atomic E-state index is 13.5. The normalized spacial score (nSPS) is 16.4. The van der Waals surface area contributed by atoms with Crippen LogP contribution in [0.1, 0.15) is 91.4 Å². The molecular formula is C59H84N10O19S3. The number of benzene rings is 2. The van der Waals surface area contributed by atoms with Crippen molar-refractivity contribution in [2.75, 3.05) is 103 Å². The molecule has 2 aromatic carbocycles. The highest BCUT2D eigenvalue weighted by molar-refractivity contribution is 7.89. The average molecular weight is 1330 g/mol. The predicted molar refractivity (Wildman–Crippen MR) is 336 cm³/mol. The Hall–Kier alpha value is -7.30. The van der Waals surface area contributed by atoms with E-state index in [-0.39, 0.29) is 132 Å². The van der Waals surface area contributed by atoms with Crippen molar-refractivity contribution in [3.05, 3.63) is 82.2 Å². The number of unbranched alkanes of at least 4 members (excludes halogenated alkanes) is 1. The van der Waals surface area contributed by atoms with Crippen molar-refractivity contribution in [1.82, 2.24) is 45.3 Å². The van der Waals surface area contributed by atoms with Crippen molar-refractivity contribution in [2.45, 2.75) is 120 Å². The zero-order chi connectivity index (χ0) is 66.8. The van der Waals surface area contributed by atoms with E-state index in [0.717, 1.165) is 37.1 Å². The van der Waals surface area contributed by atoms with Crippen molar-refractivity contribution < 1.29 is 90.0 Å². The Morgan fingerprint density at radius 1 is 0.681 bits per heavy atom. The van der Waals surface area contributed by atoms with Gasteiger partial charge < -0.3 is 51.5 Å². The number of aryl methyl sites for hydroxylation is 5. The quantitative estimate of drug-likeness (QED) is 0.0224. The highest BCUT2D eigenvalue weighted by Crippen LogP contribution is 2.27. The van der Waals surface area contributed by atoms with E-state index in [1.807, 2.05) is 6.07 Å². The van der Waals surface area contributed by atoms with Gasteiger partial charge in [-0.15, -0.1) is 0 Å². The Labute approximate surface area is 534 Å². The number of anilines is 1. The first-order chi connectivity index (χ1) is 43.0. The number of sulfonamides is 1. The van der Waals surface area contributed by atoms with E-state index >= 15 is 0 Å². The third kappa shape index (κ3) is 27.6. The molecule has 1 saturated heterocycles. The van der Waals surface area contributed by atoms with Gasteiger partial charge in [0, 0.05) is 101 Å². The maximum absolute atomic E-state index is 13.5. The standard InChI is InChI=1S/C59H84N10O19S3/c1-39-29-46(30-40(2)57(39)91(86,87)65-48(58(81)82)32-61-52(72)13-6-4-10-43-20-17-42-9-3-5-11-47(42)62-43)88-28-8-14-51(71)60-21-7-12-50(70)49(38-90(83,84)85)64-59(89)63-44-18-15-41(16-19-44)31-45-33-68(36-55(77)78)25-24-66(34-53(73)74)22-23-67(35-54(75)76)26-27-69(45)37-56(79)80/h15-20,29-30,45,48-49,65H,3-14,21-28,31-38H2,1-2H3,(H,60,71)(H,61,72)(H,73,74)(H,75,76)(H,77,78)(H,79,80)(H,81,82)(H2,63,64,89)(H,83,84,85)/t45?,48?,49-/m0/s1. The summed E-state index contributed by atoms with van der Waals surface area (Å²) in [4.78, 5) is 109. The van der Waals surface area contributed by atoms with E-state index in [9.17, 15) is 85.3 Å². The van der Waals surface area contributed by atoms with Gasteiger partial charge in [0.05, 0.1) is 37.7 Å². The van der Waals surface area contributed by atoms with Gasteiger partial charge in [0.1, 0.15) is 23.6 Å². The largest absolute Gasteiger partial charge is 0.494 e. The summed E-state index contributed by atoms with van der Waals surface area (Å²) in [5.41, 5.74) is 4.92. The number of amides is 2. The summed E-state index contributed by atoms with van der Waals surface area (Å²) >= 11 is 5.41. The summed E-state index contributed by atoms with van der Waals surface area (Å²) in [6.45, 7) is 1.71. The number of carbonyl (C=O) groups is 8. The van der Waals surface area contributed by atoms with Crippen LogP contribution in [0.5, 0.6) is 5.75 Å². The Kier molecular flexibility index (Phi) is 30.0. The van der Waals surface area contributed by atoms with Crippen molar-refractivity contribution >= 4 is 90.6 Å². The SMILES string of the molecule is Cc1cc(OCCCC(=O)NCCCC(=O)[C@H](CS(=O)(=O)O)NC(=S)Nc2ccc(CC3CN(CC(=O)O)CCN(CC(=O)O)CCN(CC(=O)O)CCN3CC(=O)O)cc2)cc(C)c1S(=O)(=O)NC(CNC(=O)CCCCc1ccc2c(n1)CCCC2)C(=O)O. The highest BCUT2D eigenvalue weighted by Gasteiger charge is 2.31. The van der Waals surface area contributed by atoms with Gasteiger partial charge in [0.15, 0.2) is 10.9 Å². The van der Waals surface area contributed by atoms with Crippen LogP contribution in [0.15, 0.2) is 53.4 Å². The highest BCUT2D eigenvalue weighted by atomic mass is 32.2. The fourth-order valence-corrected chi connectivity index (χ4v) is 13.4. The third-order valence-electron chi connectivity index (χ3n) is 15.2. The maximum Gasteiger partial charge on any atom is 0.323 e. The summed E-state index contributed by atoms with van der Waals surface area (Å²) in [5, 5.41) is 59.2. The number of hydrogen-bond acceptors (Lipinski definition) is 19. The van der Waals surface area contributed by atoms with Gasteiger partial charge in [0.2, 0.25) is 21.8 Å². The van der Waals surface area contributed by atoms with Gasteiger partial charge in [-0.25, -0.2) is 8.42 Å². The van der Waals surface area contributed by atoms with Crippen molar-refractivity contribution in [3.8, 4) is 5.75 Å². The van der Waals surface area contributed by atoms with E-state index in [2.05, 4.69) is 32.1 Å². The Bertz CT molecular complexity index is 3240. The number of nitrogens with zero attached hydrogens (tertiary/aromatic N) is 5. The van der Waals surface area contributed by atoms with E-state index < -0.39 is 111 Å². The second-order valence-electron chi connectivity index (χ2n) is 22.7. The van der Waals surface area contributed by atoms with Gasteiger partial charge >= 0.3 is 29.8 Å². The van der Waals surface area contributed by atoms with Crippen LogP contribution in [0.25, 0.3) is 0 Å². The molecule has 91 heavy (non-hydrogen) atoms. The molecule has 11 N–H and O–H groups in total. The van der Waals surface area contributed by atoms with E-state index in [1.165, 1.54) is 31.5 Å². The number of aromatic nitrogens is 1. The summed E-state index contributed by atoms with van der Waals surface area (Å²) in [5.74, 6) is -8.27. The van der Waals surface area contributed by atoms with E-state index in [4.69, 9.17) is 21.9 Å². The van der Waals surface area contributed by atoms with Crippen LogP contribution in [-0.4, -0.2) is 240 Å². The summed E-state index contributed by atoms with van der Waals surface area (Å²) in [6.07, 6.45) is 6.58. The summed E-state index contributed by atoms with van der Waals surface area (Å²) < 4.78 is 68.8. The molecule has 2 aliphatic rings. The third-order valence-corrected chi connectivity index (χ3v) is 17.9. The summed E-state index contributed by atoms with van der Waals surface area (Å²) in [6, 6.07) is 9.80. The van der Waals surface area contributed by atoms with Crippen LogP contribution in [0.2, 0.25) is 0 Å². The number of pyridine rings is 1. The van der Waals surface area contributed by atoms with Crippen LogP contribution in [-0.2, 0) is 84.2 Å². The smallest absolute Gasteiger partial charge is 0.323 e. The van der Waals surface area contributed by atoms with E-state index in [1.54, 1.807) is 43.9 Å². The molecule has 0 spiro atoms. The number of hydrogen-bond donors (Lipinski definition) is 11. The number of ketones is 1. The second kappa shape index (κ2) is 36.7. The zero-order valence-corrected chi connectivity index (χ0v) is 53.6. The Morgan fingerprint density at radius 3 is 1.88 bits per heavy atom. The number of thiocarbonyl (C=S) groups is 1. The number of Topliss-reactive ketones (excluding diaryl/α,β-unsaturated/α-hetero) is 1. The topological polar surface area (TPSA) is 421 Å². The molecule has 3 aromatic rings. The number of carboxylic acid groups (broad SMARTS) is 5. The molecule has 1 aliphatic heterocycles. The van der Waals surface area contributed by atoms with Crippen molar-refractivity contribution in [3.63, 3.8) is 0 Å². The molecule has 1 aliphatic carbocycles. The van der Waals surface area contributed by atoms with Gasteiger partial charge in [-0.1, -0.05) is 18.2 Å².